The Balaban J connectivity index is 1.36. The molecule has 0 aliphatic carbocycles. The minimum Gasteiger partial charge on any atom is -0.492 e. The number of nitrogens with one attached hydrogen (secondary N) is 1. The minimum atomic E-state index is -0.551. The fraction of sp³-hybridized carbons (Fsp3) is 0.441. The zero-order valence-corrected chi connectivity index (χ0v) is 27.9. The van der Waals surface area contributed by atoms with E-state index in [0.29, 0.717) is 55.9 Å². The van der Waals surface area contributed by atoms with Crippen molar-refractivity contribution in [2.45, 2.75) is 39.2 Å². The van der Waals surface area contributed by atoms with Crippen LogP contribution in [-0.4, -0.2) is 102 Å². The van der Waals surface area contributed by atoms with Gasteiger partial charge in [0.2, 0.25) is 0 Å². The maximum Gasteiger partial charge on any atom is 0.271 e. The molecule has 1 amide bonds. The first-order valence-electron chi connectivity index (χ1n) is 15.9. The van der Waals surface area contributed by atoms with Gasteiger partial charge in [-0.15, -0.1) is 0 Å². The molecule has 5 rings (SSSR count). The highest BCUT2D eigenvalue weighted by molar-refractivity contribution is 6.33. The Hall–Kier alpha value is -4.31. The van der Waals surface area contributed by atoms with Crippen molar-refractivity contribution in [1.82, 2.24) is 29.7 Å². The maximum absolute atomic E-state index is 13.6. The number of fused-ring (bicyclic) bond motifs is 1. The molecule has 0 radical (unpaired) electrons. The topological polar surface area (TPSA) is 114 Å². The summed E-state index contributed by atoms with van der Waals surface area (Å²) >= 11 is 6.26. The van der Waals surface area contributed by atoms with Crippen LogP contribution in [-0.2, 0) is 4.79 Å². The number of halogens is 2. The number of hydrogen-bond donors (Lipinski definition) is 1. The zero-order chi connectivity index (χ0) is 33.6. The number of piperazine rings is 1. The van der Waals surface area contributed by atoms with Crippen LogP contribution < -0.4 is 15.0 Å². The minimum absolute atomic E-state index is 0.0900. The second-order valence-corrected chi connectivity index (χ2v) is 12.3. The fourth-order valence-corrected chi connectivity index (χ4v) is 6.65. The number of likely N-dealkylation sites (N-methyl/N-ethyl adjacent to an activating group) is 1. The number of nitriles is 1. The van der Waals surface area contributed by atoms with Crippen molar-refractivity contribution >= 4 is 35.6 Å². The standard InChI is InChI=1S/C34H41ClFN9O2/c1-5-42-13-15-43(16-14-42)23-34(41-33(46)31(38-4)29(35)17-24(3)36)9-11-44(12-10-34)30-8-7-25(20-39-30)28-18-27(47-6-2)22-45-32(28)26(19-37)21-40-45/h7-8,17-18,20-22H,4-6,9-16,23H2,1-3H3,(H,41,46)/b24-17+,31-29+. The van der Waals surface area contributed by atoms with E-state index in [9.17, 15) is 14.4 Å². The molecular formula is C34H41ClFN9O2. The Morgan fingerprint density at radius 3 is 2.51 bits per heavy atom. The van der Waals surface area contributed by atoms with Crippen molar-refractivity contribution in [3.05, 3.63) is 65.0 Å². The number of rotatable bonds is 11. The lowest BCUT2D eigenvalue weighted by molar-refractivity contribution is -0.120. The Morgan fingerprint density at radius 1 is 1.19 bits per heavy atom. The van der Waals surface area contributed by atoms with E-state index in [-0.39, 0.29) is 10.7 Å². The van der Waals surface area contributed by atoms with Crippen molar-refractivity contribution in [2.24, 2.45) is 4.99 Å². The zero-order valence-electron chi connectivity index (χ0n) is 27.2. The lowest BCUT2D eigenvalue weighted by Crippen LogP contribution is -2.62. The van der Waals surface area contributed by atoms with Crippen LogP contribution in [0.2, 0.25) is 0 Å². The van der Waals surface area contributed by atoms with Crippen LogP contribution in [0.4, 0.5) is 10.2 Å². The summed E-state index contributed by atoms with van der Waals surface area (Å²) < 4.78 is 21.0. The van der Waals surface area contributed by atoms with Gasteiger partial charge in [-0.1, -0.05) is 18.5 Å². The Labute approximate surface area is 280 Å². The van der Waals surface area contributed by atoms with Crippen LogP contribution in [0.1, 0.15) is 39.2 Å². The lowest BCUT2D eigenvalue weighted by Gasteiger charge is -2.46. The molecule has 3 aromatic rings. The summed E-state index contributed by atoms with van der Waals surface area (Å²) in [4.78, 5) is 29.2. The molecular weight excluding hydrogens is 621 g/mol. The molecule has 0 bridgehead atoms. The molecule has 2 aliphatic rings. The van der Waals surface area contributed by atoms with Gasteiger partial charge in [0.1, 0.15) is 23.3 Å². The number of piperidine rings is 1. The first-order chi connectivity index (χ1) is 22.7. The second-order valence-electron chi connectivity index (χ2n) is 11.9. The van der Waals surface area contributed by atoms with Gasteiger partial charge in [-0.2, -0.15) is 10.4 Å². The average Bonchev–Trinajstić information content (AvgIpc) is 3.48. The van der Waals surface area contributed by atoms with Crippen LogP contribution >= 0.6 is 11.6 Å². The molecule has 13 heteroatoms. The molecule has 248 valence electrons. The Morgan fingerprint density at radius 2 is 1.91 bits per heavy atom. The lowest BCUT2D eigenvalue weighted by atomic mass is 9.86. The van der Waals surface area contributed by atoms with Gasteiger partial charge in [0.15, 0.2) is 0 Å². The first-order valence-corrected chi connectivity index (χ1v) is 16.3. The SMILES string of the molecule is C=N/C(C(=O)NC1(CN2CCN(CC)CC2)CCN(c2ccc(-c3cc(OCC)cn4ncc(C#N)c34)cn2)CC1)=C(Cl)\C=C(/C)F. The number of amides is 1. The van der Waals surface area contributed by atoms with E-state index in [4.69, 9.17) is 21.3 Å². The van der Waals surface area contributed by atoms with Crippen LogP contribution in [0.25, 0.3) is 16.6 Å². The molecule has 0 unspecified atom stereocenters. The molecule has 0 spiro atoms. The van der Waals surface area contributed by atoms with Crippen LogP contribution in [0.3, 0.4) is 0 Å². The molecule has 0 aromatic carbocycles. The molecule has 47 heavy (non-hydrogen) atoms. The van der Waals surface area contributed by atoms with Crippen molar-refractivity contribution in [2.75, 3.05) is 63.9 Å². The number of allylic oxidation sites excluding steroid dienone is 3. The number of anilines is 1. The van der Waals surface area contributed by atoms with Gasteiger partial charge in [-0.3, -0.25) is 14.7 Å². The molecule has 11 nitrogen and oxygen atoms in total. The van der Waals surface area contributed by atoms with Crippen LogP contribution in [0.5, 0.6) is 5.75 Å². The van der Waals surface area contributed by atoms with Crippen molar-refractivity contribution in [3.63, 3.8) is 0 Å². The number of aromatic nitrogens is 3. The number of pyridine rings is 2. The Bertz CT molecular complexity index is 1690. The third-order valence-electron chi connectivity index (χ3n) is 8.86. The quantitative estimate of drug-likeness (QED) is 0.177. The Kier molecular flexibility index (Phi) is 10.9. The summed E-state index contributed by atoms with van der Waals surface area (Å²) in [6, 6.07) is 8.11. The van der Waals surface area contributed by atoms with Crippen LogP contribution in [0.15, 0.2) is 64.4 Å². The highest BCUT2D eigenvalue weighted by Gasteiger charge is 2.39. The smallest absolute Gasteiger partial charge is 0.271 e. The second kappa shape index (κ2) is 15.1. The van der Waals surface area contributed by atoms with E-state index in [1.165, 1.54) is 6.92 Å². The van der Waals surface area contributed by atoms with E-state index in [2.05, 4.69) is 49.8 Å². The number of hydrogen-bond acceptors (Lipinski definition) is 9. The molecule has 3 aromatic heterocycles. The number of nitrogens with zero attached hydrogens (tertiary/aromatic N) is 8. The third kappa shape index (κ3) is 7.81. The molecule has 1 N–H and O–H groups in total. The third-order valence-corrected chi connectivity index (χ3v) is 9.15. The van der Waals surface area contributed by atoms with E-state index >= 15 is 0 Å². The summed E-state index contributed by atoms with van der Waals surface area (Å²) in [6.45, 7) is 16.1. The summed E-state index contributed by atoms with van der Waals surface area (Å²) in [5.74, 6) is 0.472. The predicted octanol–water partition coefficient (Wildman–Crippen LogP) is 4.78. The summed E-state index contributed by atoms with van der Waals surface area (Å²) in [6.07, 6.45) is 7.52. The predicted molar refractivity (Wildman–Crippen MR) is 182 cm³/mol. The van der Waals surface area contributed by atoms with Gasteiger partial charge in [0, 0.05) is 63.1 Å². The number of ether oxygens (including phenoxy) is 1. The molecule has 5 heterocycles. The van der Waals surface area contributed by atoms with E-state index in [1.807, 2.05) is 25.1 Å². The highest BCUT2D eigenvalue weighted by Crippen LogP contribution is 2.33. The van der Waals surface area contributed by atoms with E-state index in [1.54, 1.807) is 23.1 Å². The summed E-state index contributed by atoms with van der Waals surface area (Å²) in [7, 11) is 0. The van der Waals surface area contributed by atoms with Gasteiger partial charge in [0.25, 0.3) is 5.91 Å². The van der Waals surface area contributed by atoms with Gasteiger partial charge >= 0.3 is 0 Å². The van der Waals surface area contributed by atoms with Gasteiger partial charge in [-0.05, 0) is 64.2 Å². The molecule has 2 saturated heterocycles. The van der Waals surface area contributed by atoms with Crippen molar-refractivity contribution < 1.29 is 13.9 Å². The first kappa shape index (κ1) is 34.0. The number of carbonyl (C=O) groups excluding carboxylic acids is 1. The van der Waals surface area contributed by atoms with Gasteiger partial charge in [0.05, 0.1) is 46.5 Å². The molecule has 2 aliphatic heterocycles. The van der Waals surface area contributed by atoms with Crippen molar-refractivity contribution in [1.29, 1.82) is 5.26 Å². The number of carbonyl (C=O) groups is 1. The average molecular weight is 662 g/mol. The van der Waals surface area contributed by atoms with Crippen molar-refractivity contribution in [3.8, 4) is 22.9 Å². The largest absolute Gasteiger partial charge is 0.492 e. The summed E-state index contributed by atoms with van der Waals surface area (Å²) in [5.41, 5.74) is 2.17. The van der Waals surface area contributed by atoms with Crippen LogP contribution in [0, 0.1) is 11.3 Å². The summed E-state index contributed by atoms with van der Waals surface area (Å²) in [5, 5.41) is 17.2. The van der Waals surface area contributed by atoms with Gasteiger partial charge in [-0.25, -0.2) is 13.9 Å². The van der Waals surface area contributed by atoms with E-state index < -0.39 is 17.3 Å². The molecule has 0 saturated carbocycles. The normalized spacial score (nSPS) is 18.0. The maximum atomic E-state index is 13.6. The molecule has 0 atom stereocenters. The monoisotopic (exact) mass is 661 g/mol. The number of aliphatic imine (C=N–C) groups is 1. The fourth-order valence-electron chi connectivity index (χ4n) is 6.35. The van der Waals surface area contributed by atoms with E-state index in [0.717, 1.165) is 55.7 Å². The molecule has 2 fully saturated rings. The van der Waals surface area contributed by atoms with Gasteiger partial charge < -0.3 is 19.9 Å². The highest BCUT2D eigenvalue weighted by atomic mass is 35.5.